The molecule has 2 aromatic heterocycles. The van der Waals surface area contributed by atoms with Crippen molar-refractivity contribution in [2.75, 3.05) is 18.5 Å². The average Bonchev–Trinajstić information content (AvgIpc) is 3.52. The van der Waals surface area contributed by atoms with Crippen molar-refractivity contribution in [2.45, 2.75) is 44.2 Å². The molecule has 2 saturated heterocycles. The van der Waals surface area contributed by atoms with Crippen molar-refractivity contribution >= 4 is 30.8 Å². The van der Waals surface area contributed by atoms with Gasteiger partial charge in [0.15, 0.2) is 29.5 Å². The number of nitrogens with one attached hydrogen (secondary N) is 2. The summed E-state index contributed by atoms with van der Waals surface area (Å²) >= 11 is 0. The molecule has 4 heterocycles. The van der Waals surface area contributed by atoms with Gasteiger partial charge in [0.2, 0.25) is 0 Å². The van der Waals surface area contributed by atoms with Gasteiger partial charge in [-0.05, 0) is 12.5 Å². The number of urea groups is 1. The Balaban J connectivity index is 1.41. The van der Waals surface area contributed by atoms with E-state index in [2.05, 4.69) is 25.6 Å². The van der Waals surface area contributed by atoms with Crippen LogP contribution in [0.2, 0.25) is 0 Å². The molecular formula is C21H25N6O8P. The van der Waals surface area contributed by atoms with E-state index < -0.39 is 51.3 Å². The number of nitrogens with zero attached hydrogens (tertiary/aromatic N) is 4. The lowest BCUT2D eigenvalue weighted by atomic mass is 10.1. The summed E-state index contributed by atoms with van der Waals surface area (Å²) in [5.74, 6) is 0.214. The summed E-state index contributed by atoms with van der Waals surface area (Å²) in [6, 6.07) is 9.21. The lowest BCUT2D eigenvalue weighted by Crippen LogP contribution is -2.31. The number of imidazole rings is 1. The number of carbonyl (C=O) groups is 1. The zero-order chi connectivity index (χ0) is 25.3. The molecular weight excluding hydrogens is 495 g/mol. The molecule has 2 fully saturated rings. The first-order valence-electron chi connectivity index (χ1n) is 11.2. The predicted octanol–water partition coefficient (Wildman–Crippen LogP) is 1.33. The maximum absolute atomic E-state index is 12.0. The highest BCUT2D eigenvalue weighted by molar-refractivity contribution is 7.46. The van der Waals surface area contributed by atoms with E-state index in [9.17, 15) is 19.1 Å². The average molecular weight is 520 g/mol. The molecule has 5 rings (SSSR count). The molecule has 0 aliphatic carbocycles. The Morgan fingerprint density at radius 2 is 1.92 bits per heavy atom. The first-order valence-corrected chi connectivity index (χ1v) is 12.8. The summed E-state index contributed by atoms with van der Waals surface area (Å²) < 4.78 is 36.0. The highest BCUT2D eigenvalue weighted by atomic mass is 31.2. The Kier molecular flexibility index (Phi) is 6.99. The number of aromatic nitrogens is 4. The van der Waals surface area contributed by atoms with Gasteiger partial charge >= 0.3 is 13.9 Å². The smallest absolute Gasteiger partial charge is 0.347 e. The minimum atomic E-state index is -4.73. The molecule has 0 radical (unpaired) electrons. The first-order chi connectivity index (χ1) is 17.3. The molecule has 0 bridgehead atoms. The van der Waals surface area contributed by atoms with Crippen molar-refractivity contribution in [2.24, 2.45) is 0 Å². The topological polar surface area (TPSA) is 179 Å². The van der Waals surface area contributed by atoms with E-state index >= 15 is 0 Å². The molecule has 2 aliphatic rings. The van der Waals surface area contributed by atoms with Gasteiger partial charge in [0, 0.05) is 13.0 Å². The zero-order valence-electron chi connectivity index (χ0n) is 19.1. The van der Waals surface area contributed by atoms with Crippen LogP contribution in [0.3, 0.4) is 0 Å². The Morgan fingerprint density at radius 3 is 2.67 bits per heavy atom. The Hall–Kier alpha value is -2.97. The largest absolute Gasteiger partial charge is 0.469 e. The van der Waals surface area contributed by atoms with E-state index in [0.717, 1.165) is 5.56 Å². The van der Waals surface area contributed by atoms with Crippen LogP contribution in [-0.4, -0.2) is 73.1 Å². The summed E-state index contributed by atoms with van der Waals surface area (Å²) in [6.07, 6.45) is -0.305. The van der Waals surface area contributed by atoms with Gasteiger partial charge in [-0.3, -0.25) is 14.4 Å². The second kappa shape index (κ2) is 10.2. The van der Waals surface area contributed by atoms with Crippen molar-refractivity contribution in [3.63, 3.8) is 0 Å². The van der Waals surface area contributed by atoms with Crippen LogP contribution in [0.1, 0.15) is 18.7 Å². The van der Waals surface area contributed by atoms with E-state index in [1.807, 2.05) is 30.3 Å². The number of amides is 2. The van der Waals surface area contributed by atoms with Gasteiger partial charge in [0.05, 0.1) is 12.9 Å². The van der Waals surface area contributed by atoms with Gasteiger partial charge in [-0.2, -0.15) is 0 Å². The van der Waals surface area contributed by atoms with Crippen molar-refractivity contribution in [3.8, 4) is 0 Å². The molecule has 36 heavy (non-hydrogen) atoms. The molecule has 3 aromatic rings. The number of anilines is 1. The first kappa shape index (κ1) is 24.7. The van der Waals surface area contributed by atoms with E-state index in [4.69, 9.17) is 18.7 Å². The van der Waals surface area contributed by atoms with Crippen LogP contribution in [0.15, 0.2) is 43.0 Å². The van der Waals surface area contributed by atoms with Crippen LogP contribution in [0.4, 0.5) is 10.6 Å². The maximum atomic E-state index is 12.0. The van der Waals surface area contributed by atoms with Crippen molar-refractivity contribution in [3.05, 3.63) is 48.5 Å². The van der Waals surface area contributed by atoms with Gasteiger partial charge in [-0.1, -0.05) is 30.3 Å². The van der Waals surface area contributed by atoms with Crippen LogP contribution in [0.5, 0.6) is 0 Å². The minimum Gasteiger partial charge on any atom is -0.347 e. The standard InChI is InChI=1S/C21H25N6O8P/c1-2-22-21(28)26-18-15-19(24-10-23-18)27(11-25-15)20-17-16(13(33-20)9-32-36(29,30)31)34-14(35-17)8-12-6-4-3-5-7-12/h3-7,10-11,13-14,16-17,20H,2,8-9H2,1H3,(H2,29,30,31)(H2,22,23,24,26,28)/t13-,14?,16?,17?,20-/m1/s1. The number of hydrogen-bond donors (Lipinski definition) is 4. The Bertz CT molecular complexity index is 1270. The van der Waals surface area contributed by atoms with Crippen LogP contribution < -0.4 is 10.6 Å². The van der Waals surface area contributed by atoms with Crippen LogP contribution in [0, 0.1) is 0 Å². The van der Waals surface area contributed by atoms with Crippen molar-refractivity contribution in [1.82, 2.24) is 24.8 Å². The number of benzene rings is 1. The van der Waals surface area contributed by atoms with Crippen LogP contribution in [-0.2, 0) is 29.7 Å². The molecule has 5 atom stereocenters. The van der Waals surface area contributed by atoms with Crippen molar-refractivity contribution < 1.29 is 37.9 Å². The second-order valence-electron chi connectivity index (χ2n) is 8.20. The van der Waals surface area contributed by atoms with Gasteiger partial charge < -0.3 is 29.3 Å². The van der Waals surface area contributed by atoms with Gasteiger partial charge in [0.25, 0.3) is 0 Å². The lowest BCUT2D eigenvalue weighted by molar-refractivity contribution is -0.149. The summed E-state index contributed by atoms with van der Waals surface area (Å²) in [5.41, 5.74) is 1.70. The number of rotatable bonds is 8. The van der Waals surface area contributed by atoms with Crippen LogP contribution in [0.25, 0.3) is 11.2 Å². The summed E-state index contributed by atoms with van der Waals surface area (Å²) in [7, 11) is -4.73. The van der Waals surface area contributed by atoms with E-state index in [-0.39, 0.29) is 5.82 Å². The van der Waals surface area contributed by atoms with E-state index in [1.165, 1.54) is 12.7 Å². The Morgan fingerprint density at radius 1 is 1.14 bits per heavy atom. The number of hydrogen-bond acceptors (Lipinski definition) is 9. The van der Waals surface area contributed by atoms with Crippen LogP contribution >= 0.6 is 7.82 Å². The summed E-state index contributed by atoms with van der Waals surface area (Å²) in [5, 5.41) is 5.26. The molecule has 2 amide bonds. The molecule has 2 aliphatic heterocycles. The molecule has 0 saturated carbocycles. The number of phosphoric acid groups is 1. The highest BCUT2D eigenvalue weighted by Gasteiger charge is 2.54. The highest BCUT2D eigenvalue weighted by Crippen LogP contribution is 2.43. The monoisotopic (exact) mass is 520 g/mol. The fourth-order valence-corrected chi connectivity index (χ4v) is 4.61. The zero-order valence-corrected chi connectivity index (χ0v) is 20.0. The fraction of sp³-hybridized carbons (Fsp3) is 0.429. The number of ether oxygens (including phenoxy) is 3. The second-order valence-corrected chi connectivity index (χ2v) is 9.44. The quantitative estimate of drug-likeness (QED) is 0.315. The SMILES string of the molecule is CCNC(=O)Nc1ncnc2c1ncn2[C@@H]1O[C@H](COP(=O)(O)O)C2OC(Cc3ccccc3)OC21. The molecule has 15 heteroatoms. The van der Waals surface area contributed by atoms with Gasteiger partial charge in [-0.25, -0.2) is 24.3 Å². The molecule has 192 valence electrons. The third kappa shape index (κ3) is 5.25. The van der Waals surface area contributed by atoms with E-state index in [0.29, 0.717) is 24.1 Å². The molecule has 3 unspecified atom stereocenters. The molecule has 4 N–H and O–H groups in total. The van der Waals surface area contributed by atoms with E-state index in [1.54, 1.807) is 11.5 Å². The molecule has 0 spiro atoms. The number of carbonyl (C=O) groups excluding carboxylic acids is 1. The molecule has 1 aromatic carbocycles. The predicted molar refractivity (Wildman–Crippen MR) is 124 cm³/mol. The Labute approximate surface area is 205 Å². The van der Waals surface area contributed by atoms with Crippen molar-refractivity contribution in [1.29, 1.82) is 0 Å². The normalized spacial score (nSPS) is 25.7. The summed E-state index contributed by atoms with van der Waals surface area (Å²) in [4.78, 5) is 43.1. The number of phosphoric ester groups is 1. The number of fused-ring (bicyclic) bond motifs is 2. The summed E-state index contributed by atoms with van der Waals surface area (Å²) in [6.45, 7) is 1.82. The third-order valence-corrected chi connectivity index (χ3v) is 6.24. The van der Waals surface area contributed by atoms with Gasteiger partial charge in [0.1, 0.15) is 24.6 Å². The third-order valence-electron chi connectivity index (χ3n) is 5.76. The fourth-order valence-electron chi connectivity index (χ4n) is 4.27. The molecule has 14 nitrogen and oxygen atoms in total. The maximum Gasteiger partial charge on any atom is 0.469 e. The lowest BCUT2D eigenvalue weighted by Gasteiger charge is -2.21. The minimum absolute atomic E-state index is 0.214. The van der Waals surface area contributed by atoms with Gasteiger partial charge in [-0.15, -0.1) is 0 Å².